The number of imidazole rings is 1. The van der Waals surface area contributed by atoms with E-state index in [-0.39, 0.29) is 24.1 Å². The van der Waals surface area contributed by atoms with Gasteiger partial charge in [0.1, 0.15) is 5.52 Å². The van der Waals surface area contributed by atoms with E-state index < -0.39 is 5.82 Å². The van der Waals surface area contributed by atoms with Crippen molar-refractivity contribution >= 4 is 34.5 Å². The van der Waals surface area contributed by atoms with Gasteiger partial charge >= 0.3 is 0 Å². The first-order valence-corrected chi connectivity index (χ1v) is 10.9. The van der Waals surface area contributed by atoms with Gasteiger partial charge in [0.2, 0.25) is 11.9 Å². The van der Waals surface area contributed by atoms with Crippen LogP contribution in [0.2, 0.25) is 5.02 Å². The Bertz CT molecular complexity index is 1150. The maximum Gasteiger partial charge on any atom is 0.220 e. The lowest BCUT2D eigenvalue weighted by molar-refractivity contribution is 0.173. The van der Waals surface area contributed by atoms with Crippen molar-refractivity contribution in [2.45, 2.75) is 38.5 Å². The van der Waals surface area contributed by atoms with Crippen molar-refractivity contribution < 1.29 is 9.50 Å². The molecular weight excluding hydrogens is 421 g/mol. The van der Waals surface area contributed by atoms with Crippen molar-refractivity contribution in [2.75, 3.05) is 36.8 Å². The Balaban J connectivity index is 1.61. The molecule has 0 amide bonds. The Morgan fingerprint density at radius 1 is 1.23 bits per heavy atom. The van der Waals surface area contributed by atoms with Gasteiger partial charge in [-0.2, -0.15) is 0 Å². The van der Waals surface area contributed by atoms with Gasteiger partial charge in [-0.25, -0.2) is 19.3 Å². The van der Waals surface area contributed by atoms with Gasteiger partial charge in [-0.3, -0.25) is 4.90 Å². The van der Waals surface area contributed by atoms with Crippen LogP contribution in [0.15, 0.2) is 18.3 Å². The lowest BCUT2D eigenvalue weighted by Gasteiger charge is -2.38. The second-order valence-corrected chi connectivity index (χ2v) is 9.02. The number of fused-ring (bicyclic) bond motifs is 2. The average Bonchev–Trinajstić information content (AvgIpc) is 3.29. The molecule has 8 nitrogen and oxygen atoms in total. The highest BCUT2D eigenvalue weighted by Gasteiger charge is 2.37. The number of nitrogens with two attached hydrogens (primary N) is 1. The van der Waals surface area contributed by atoms with Gasteiger partial charge in [0.05, 0.1) is 28.5 Å². The summed E-state index contributed by atoms with van der Waals surface area (Å²) in [7, 11) is 0. The number of hydrogen-bond donors (Lipinski definition) is 2. The van der Waals surface area contributed by atoms with Crippen LogP contribution in [0.5, 0.6) is 0 Å². The Labute approximate surface area is 184 Å². The van der Waals surface area contributed by atoms with Crippen LogP contribution in [0.4, 0.5) is 16.3 Å². The van der Waals surface area contributed by atoms with Crippen LogP contribution in [-0.4, -0.2) is 67.9 Å². The lowest BCUT2D eigenvalue weighted by atomic mass is 10.1. The van der Waals surface area contributed by atoms with Gasteiger partial charge in [0.15, 0.2) is 5.82 Å². The Morgan fingerprint density at radius 3 is 2.81 bits per heavy atom. The number of benzene rings is 1. The first-order valence-electron chi connectivity index (χ1n) is 10.5. The summed E-state index contributed by atoms with van der Waals surface area (Å²) in [6.07, 6.45) is 1.89. The molecule has 4 heterocycles. The van der Waals surface area contributed by atoms with Gasteiger partial charge in [-0.05, 0) is 32.4 Å². The number of aliphatic hydroxyl groups excluding tert-OH is 1. The molecule has 2 fully saturated rings. The molecule has 2 atom stereocenters. The lowest BCUT2D eigenvalue weighted by Crippen LogP contribution is -2.51. The van der Waals surface area contributed by atoms with E-state index in [1.807, 2.05) is 6.07 Å². The molecule has 3 N–H and O–H groups in total. The average molecular weight is 446 g/mol. The van der Waals surface area contributed by atoms with E-state index in [0.29, 0.717) is 27.3 Å². The molecule has 2 unspecified atom stereocenters. The first-order chi connectivity index (χ1) is 14.8. The third-order valence-corrected chi connectivity index (χ3v) is 6.44. The highest BCUT2D eigenvalue weighted by atomic mass is 35.5. The van der Waals surface area contributed by atoms with Crippen molar-refractivity contribution in [1.82, 2.24) is 24.4 Å². The Hall–Kier alpha value is -2.49. The van der Waals surface area contributed by atoms with Gasteiger partial charge < -0.3 is 20.3 Å². The fourth-order valence-electron chi connectivity index (χ4n) is 4.79. The number of nitrogen functional groups attached to an aromatic ring is 1. The fourth-order valence-corrected chi connectivity index (χ4v) is 4.99. The summed E-state index contributed by atoms with van der Waals surface area (Å²) in [6, 6.07) is 3.60. The first kappa shape index (κ1) is 20.4. The number of hydrogen-bond acceptors (Lipinski definition) is 7. The Kier molecular flexibility index (Phi) is 4.99. The molecule has 0 radical (unpaired) electrons. The van der Waals surface area contributed by atoms with E-state index in [0.717, 1.165) is 38.5 Å². The molecule has 164 valence electrons. The van der Waals surface area contributed by atoms with Crippen molar-refractivity contribution in [3.63, 3.8) is 0 Å². The SMILES string of the molecule is CC(C)n1c(N2CCN3CC(O)CC3C2)nc2c(F)cc(-c3nc(N)ncc3Cl)cc21. The van der Waals surface area contributed by atoms with E-state index in [4.69, 9.17) is 22.3 Å². The quantitative estimate of drug-likeness (QED) is 0.639. The number of nitrogens with zero attached hydrogens (tertiary/aromatic N) is 6. The molecule has 2 saturated heterocycles. The third-order valence-electron chi connectivity index (χ3n) is 6.16. The molecule has 0 spiro atoms. The normalized spacial score (nSPS) is 21.9. The van der Waals surface area contributed by atoms with Crippen molar-refractivity contribution in [2.24, 2.45) is 0 Å². The van der Waals surface area contributed by atoms with Crippen LogP contribution in [0.3, 0.4) is 0 Å². The van der Waals surface area contributed by atoms with E-state index in [1.165, 1.54) is 12.3 Å². The summed E-state index contributed by atoms with van der Waals surface area (Å²) in [4.78, 5) is 17.3. The molecule has 0 aliphatic carbocycles. The predicted octanol–water partition coefficient (Wildman–Crippen LogP) is 2.70. The molecule has 2 aromatic heterocycles. The predicted molar refractivity (Wildman–Crippen MR) is 119 cm³/mol. The summed E-state index contributed by atoms with van der Waals surface area (Å²) in [5.41, 5.74) is 7.65. The number of rotatable bonds is 3. The summed E-state index contributed by atoms with van der Waals surface area (Å²) in [5, 5.41) is 10.3. The zero-order valence-electron chi connectivity index (χ0n) is 17.5. The van der Waals surface area contributed by atoms with E-state index >= 15 is 4.39 Å². The molecule has 31 heavy (non-hydrogen) atoms. The van der Waals surface area contributed by atoms with Gasteiger partial charge in [0.25, 0.3) is 0 Å². The number of aliphatic hydroxyl groups is 1. The zero-order valence-corrected chi connectivity index (χ0v) is 18.2. The number of aromatic nitrogens is 4. The van der Waals surface area contributed by atoms with E-state index in [1.54, 1.807) is 0 Å². The van der Waals surface area contributed by atoms with Crippen LogP contribution in [0.1, 0.15) is 26.3 Å². The van der Waals surface area contributed by atoms with Crippen LogP contribution in [-0.2, 0) is 0 Å². The van der Waals surface area contributed by atoms with E-state index in [2.05, 4.69) is 38.2 Å². The summed E-state index contributed by atoms with van der Waals surface area (Å²) in [6.45, 7) is 7.23. The van der Waals surface area contributed by atoms with Crippen molar-refractivity contribution in [3.8, 4) is 11.3 Å². The molecular formula is C21H25ClFN7O. The maximum atomic E-state index is 15.2. The molecule has 3 aromatic rings. The molecule has 10 heteroatoms. The minimum atomic E-state index is -0.434. The summed E-state index contributed by atoms with van der Waals surface area (Å²) in [5.74, 6) is 0.390. The van der Waals surface area contributed by atoms with Crippen LogP contribution in [0, 0.1) is 5.82 Å². The van der Waals surface area contributed by atoms with Crippen LogP contribution < -0.4 is 10.6 Å². The molecule has 5 rings (SSSR count). The molecule has 0 saturated carbocycles. The molecule has 1 aromatic carbocycles. The van der Waals surface area contributed by atoms with Gasteiger partial charge in [-0.1, -0.05) is 11.6 Å². The number of piperazine rings is 1. The van der Waals surface area contributed by atoms with Crippen molar-refractivity contribution in [1.29, 1.82) is 0 Å². The second-order valence-electron chi connectivity index (χ2n) is 8.61. The van der Waals surface area contributed by atoms with Crippen LogP contribution in [0.25, 0.3) is 22.3 Å². The topological polar surface area (TPSA) is 96.3 Å². The smallest absolute Gasteiger partial charge is 0.220 e. The van der Waals surface area contributed by atoms with Crippen LogP contribution >= 0.6 is 11.6 Å². The monoisotopic (exact) mass is 445 g/mol. The number of anilines is 2. The fraction of sp³-hybridized carbons (Fsp3) is 0.476. The highest BCUT2D eigenvalue weighted by molar-refractivity contribution is 6.33. The van der Waals surface area contributed by atoms with Gasteiger partial charge in [0, 0.05) is 43.8 Å². The Morgan fingerprint density at radius 2 is 2.03 bits per heavy atom. The minimum absolute atomic E-state index is 0.0628. The number of halogens is 2. The van der Waals surface area contributed by atoms with Gasteiger partial charge in [-0.15, -0.1) is 0 Å². The third kappa shape index (κ3) is 3.50. The minimum Gasteiger partial charge on any atom is -0.392 e. The molecule has 2 aliphatic rings. The largest absolute Gasteiger partial charge is 0.392 e. The second kappa shape index (κ2) is 7.58. The zero-order chi connectivity index (χ0) is 21.9. The summed E-state index contributed by atoms with van der Waals surface area (Å²) >= 11 is 6.27. The summed E-state index contributed by atoms with van der Waals surface area (Å²) < 4.78 is 17.3. The molecule has 2 aliphatic heterocycles. The molecule has 0 bridgehead atoms. The van der Waals surface area contributed by atoms with Crippen molar-refractivity contribution in [3.05, 3.63) is 29.2 Å². The van der Waals surface area contributed by atoms with E-state index in [9.17, 15) is 5.11 Å². The standard InChI is InChI=1S/C21H25ClFN7O/c1-11(2)30-17-6-12(18-15(22)8-25-20(24)26-18)5-16(23)19(17)27-21(30)29-4-3-28-10-14(31)7-13(28)9-29/h5-6,8,11,13-14,31H,3-4,7,9-10H2,1-2H3,(H2,24,25,26). The maximum absolute atomic E-state index is 15.2. The highest BCUT2D eigenvalue weighted by Crippen LogP contribution is 2.35.